The van der Waals surface area contributed by atoms with Gasteiger partial charge < -0.3 is 15.4 Å². The molecule has 0 unspecified atom stereocenters. The van der Waals surface area contributed by atoms with Gasteiger partial charge in [-0.15, -0.1) is 0 Å². The molecule has 0 spiro atoms. The van der Waals surface area contributed by atoms with Crippen LogP contribution >= 0.6 is 0 Å². The lowest BCUT2D eigenvalue weighted by atomic mass is 9.94. The van der Waals surface area contributed by atoms with Gasteiger partial charge in [-0.2, -0.15) is 0 Å². The van der Waals surface area contributed by atoms with Gasteiger partial charge in [-0.1, -0.05) is 44.2 Å². The summed E-state index contributed by atoms with van der Waals surface area (Å²) in [5.74, 6) is 0.480. The Kier molecular flexibility index (Phi) is 8.25. The second kappa shape index (κ2) is 10.6. The van der Waals surface area contributed by atoms with Crippen molar-refractivity contribution in [3.63, 3.8) is 0 Å². The summed E-state index contributed by atoms with van der Waals surface area (Å²) in [5.41, 5.74) is 4.65. The van der Waals surface area contributed by atoms with E-state index in [0.717, 1.165) is 28.7 Å². The summed E-state index contributed by atoms with van der Waals surface area (Å²) in [4.78, 5) is 24.4. The van der Waals surface area contributed by atoms with Gasteiger partial charge in [0.2, 0.25) is 0 Å². The number of benzene rings is 2. The van der Waals surface area contributed by atoms with E-state index in [4.69, 9.17) is 4.74 Å². The Morgan fingerprint density at radius 2 is 1.69 bits per heavy atom. The maximum atomic E-state index is 12.5. The summed E-state index contributed by atoms with van der Waals surface area (Å²) in [6.07, 6.45) is 0.342. The topological polar surface area (TPSA) is 67.4 Å². The van der Waals surface area contributed by atoms with Crippen LogP contribution in [0.3, 0.4) is 0 Å². The van der Waals surface area contributed by atoms with Gasteiger partial charge in [0.05, 0.1) is 6.10 Å². The molecule has 0 bridgehead atoms. The SMILES string of the molecule is Cc1ccc(C(=O)NCCC(C)C)cc1-c1ccccc1CNC(=O)OC(C)C. The van der Waals surface area contributed by atoms with Gasteiger partial charge in [-0.3, -0.25) is 4.79 Å². The highest BCUT2D eigenvalue weighted by atomic mass is 16.6. The molecule has 0 aliphatic rings. The molecule has 2 aromatic carbocycles. The Hall–Kier alpha value is -2.82. The molecule has 0 fully saturated rings. The zero-order valence-electron chi connectivity index (χ0n) is 18.0. The first-order valence-electron chi connectivity index (χ1n) is 10.2. The number of alkyl carbamates (subject to hydrolysis) is 1. The molecule has 2 aromatic rings. The third-order valence-electron chi connectivity index (χ3n) is 4.58. The van der Waals surface area contributed by atoms with Crippen LogP contribution in [0.4, 0.5) is 4.79 Å². The minimum absolute atomic E-state index is 0.0667. The molecular formula is C24H32N2O3. The maximum Gasteiger partial charge on any atom is 0.407 e. The average molecular weight is 397 g/mol. The van der Waals surface area contributed by atoms with E-state index in [0.29, 0.717) is 24.6 Å². The van der Waals surface area contributed by atoms with E-state index in [1.165, 1.54) is 0 Å². The number of hydrogen-bond acceptors (Lipinski definition) is 3. The lowest BCUT2D eigenvalue weighted by molar-refractivity contribution is 0.0951. The van der Waals surface area contributed by atoms with Crippen LogP contribution in [0.1, 0.15) is 55.6 Å². The number of amides is 2. The Bertz CT molecular complexity index is 844. The Balaban J connectivity index is 2.21. The molecule has 0 radical (unpaired) electrons. The van der Waals surface area contributed by atoms with Crippen LogP contribution in [0.25, 0.3) is 11.1 Å². The van der Waals surface area contributed by atoms with Crippen molar-refractivity contribution < 1.29 is 14.3 Å². The standard InChI is InChI=1S/C24H32N2O3/c1-16(2)12-13-25-23(27)19-11-10-18(5)22(14-19)21-9-7-6-8-20(21)15-26-24(28)29-17(3)4/h6-11,14,16-17H,12-13,15H2,1-5H3,(H,25,27)(H,26,28). The number of carbonyl (C=O) groups is 2. The molecule has 156 valence electrons. The first-order chi connectivity index (χ1) is 13.8. The van der Waals surface area contributed by atoms with Gasteiger partial charge in [0.15, 0.2) is 0 Å². The van der Waals surface area contributed by atoms with Crippen molar-refractivity contribution in [1.29, 1.82) is 0 Å². The molecule has 0 atom stereocenters. The van der Waals surface area contributed by atoms with Crippen molar-refractivity contribution in [3.05, 3.63) is 59.2 Å². The largest absolute Gasteiger partial charge is 0.447 e. The molecule has 2 rings (SSSR count). The van der Waals surface area contributed by atoms with Crippen LogP contribution in [-0.4, -0.2) is 24.6 Å². The number of nitrogens with one attached hydrogen (secondary N) is 2. The maximum absolute atomic E-state index is 12.5. The van der Waals surface area contributed by atoms with Crippen LogP contribution in [0.2, 0.25) is 0 Å². The third-order valence-corrected chi connectivity index (χ3v) is 4.58. The van der Waals surface area contributed by atoms with Crippen LogP contribution in [-0.2, 0) is 11.3 Å². The molecule has 0 aliphatic heterocycles. The lowest BCUT2D eigenvalue weighted by Crippen LogP contribution is -2.26. The fourth-order valence-corrected chi connectivity index (χ4v) is 2.99. The van der Waals surface area contributed by atoms with E-state index in [-0.39, 0.29) is 12.0 Å². The van der Waals surface area contributed by atoms with E-state index < -0.39 is 6.09 Å². The van der Waals surface area contributed by atoms with Crippen molar-refractivity contribution in [1.82, 2.24) is 10.6 Å². The molecule has 5 heteroatoms. The quantitative estimate of drug-likeness (QED) is 0.654. The minimum atomic E-state index is -0.440. The van der Waals surface area contributed by atoms with Crippen molar-refractivity contribution in [2.45, 2.75) is 53.7 Å². The van der Waals surface area contributed by atoms with E-state index in [9.17, 15) is 9.59 Å². The van der Waals surface area contributed by atoms with Gasteiger partial charge in [0.25, 0.3) is 5.91 Å². The van der Waals surface area contributed by atoms with Crippen LogP contribution in [0, 0.1) is 12.8 Å². The minimum Gasteiger partial charge on any atom is -0.447 e. The summed E-state index contributed by atoms with van der Waals surface area (Å²) < 4.78 is 5.14. The summed E-state index contributed by atoms with van der Waals surface area (Å²) in [5, 5.41) is 5.78. The molecule has 0 aliphatic carbocycles. The molecular weight excluding hydrogens is 364 g/mol. The second-order valence-corrected chi connectivity index (χ2v) is 7.93. The number of aryl methyl sites for hydroxylation is 1. The second-order valence-electron chi connectivity index (χ2n) is 7.93. The van der Waals surface area contributed by atoms with E-state index >= 15 is 0 Å². The van der Waals surface area contributed by atoms with Crippen molar-refractivity contribution >= 4 is 12.0 Å². The molecule has 5 nitrogen and oxygen atoms in total. The van der Waals surface area contributed by atoms with E-state index in [1.807, 2.05) is 63.2 Å². The Morgan fingerprint density at radius 3 is 2.38 bits per heavy atom. The Labute approximate surface area is 173 Å². The van der Waals surface area contributed by atoms with Crippen molar-refractivity contribution in [3.8, 4) is 11.1 Å². The van der Waals surface area contributed by atoms with Crippen molar-refractivity contribution in [2.24, 2.45) is 5.92 Å². The molecule has 29 heavy (non-hydrogen) atoms. The van der Waals surface area contributed by atoms with Gasteiger partial charge in [0, 0.05) is 18.7 Å². The van der Waals surface area contributed by atoms with E-state index in [1.54, 1.807) is 0 Å². The fraction of sp³-hybridized carbons (Fsp3) is 0.417. The molecule has 0 saturated carbocycles. The molecule has 0 saturated heterocycles. The predicted molar refractivity (Wildman–Crippen MR) is 117 cm³/mol. The van der Waals surface area contributed by atoms with Crippen LogP contribution in [0.15, 0.2) is 42.5 Å². The summed E-state index contributed by atoms with van der Waals surface area (Å²) >= 11 is 0. The fourth-order valence-electron chi connectivity index (χ4n) is 2.99. The summed E-state index contributed by atoms with van der Waals surface area (Å²) in [6.45, 7) is 10.9. The smallest absolute Gasteiger partial charge is 0.407 e. The number of rotatable bonds is 8. The first-order valence-corrected chi connectivity index (χ1v) is 10.2. The summed E-state index contributed by atoms with van der Waals surface area (Å²) in [6, 6.07) is 13.6. The number of ether oxygens (including phenoxy) is 1. The normalized spacial score (nSPS) is 10.9. The molecule has 0 aromatic heterocycles. The van der Waals surface area contributed by atoms with Gasteiger partial charge in [-0.05, 0) is 67.5 Å². The molecule has 2 N–H and O–H groups in total. The first kappa shape index (κ1) is 22.5. The average Bonchev–Trinajstić information content (AvgIpc) is 2.66. The van der Waals surface area contributed by atoms with Gasteiger partial charge in [-0.25, -0.2) is 4.79 Å². The van der Waals surface area contributed by atoms with E-state index in [2.05, 4.69) is 24.5 Å². The lowest BCUT2D eigenvalue weighted by Gasteiger charge is -2.15. The Morgan fingerprint density at radius 1 is 0.966 bits per heavy atom. The number of hydrogen-bond donors (Lipinski definition) is 2. The zero-order chi connectivity index (χ0) is 21.4. The van der Waals surface area contributed by atoms with Crippen LogP contribution < -0.4 is 10.6 Å². The zero-order valence-corrected chi connectivity index (χ0v) is 18.0. The highest BCUT2D eigenvalue weighted by Gasteiger charge is 2.13. The van der Waals surface area contributed by atoms with Gasteiger partial charge >= 0.3 is 6.09 Å². The third kappa shape index (κ3) is 6.93. The highest BCUT2D eigenvalue weighted by Crippen LogP contribution is 2.28. The summed E-state index contributed by atoms with van der Waals surface area (Å²) in [7, 11) is 0. The van der Waals surface area contributed by atoms with Crippen LogP contribution in [0.5, 0.6) is 0 Å². The molecule has 0 heterocycles. The predicted octanol–water partition coefficient (Wildman–Crippen LogP) is 5.07. The molecule has 2 amide bonds. The van der Waals surface area contributed by atoms with Crippen molar-refractivity contribution in [2.75, 3.05) is 6.54 Å². The monoisotopic (exact) mass is 396 g/mol. The highest BCUT2D eigenvalue weighted by molar-refractivity contribution is 5.96. The number of carbonyl (C=O) groups excluding carboxylic acids is 2. The van der Waals surface area contributed by atoms with Gasteiger partial charge in [0.1, 0.15) is 0 Å².